The van der Waals surface area contributed by atoms with Crippen molar-refractivity contribution >= 4 is 11.6 Å². The first kappa shape index (κ1) is 11.5. The van der Waals surface area contributed by atoms with Crippen molar-refractivity contribution in [2.45, 2.75) is 32.8 Å². The Hall–Kier alpha value is -0.600. The predicted octanol–water partition coefficient (Wildman–Crippen LogP) is 2.68. The highest BCUT2D eigenvalue weighted by Gasteiger charge is 2.14. The minimum Gasteiger partial charge on any atom is -0.393 e. The van der Waals surface area contributed by atoms with E-state index in [0.717, 1.165) is 12.0 Å². The first-order valence-corrected chi connectivity index (χ1v) is 5.29. The van der Waals surface area contributed by atoms with Crippen molar-refractivity contribution in [2.75, 3.05) is 0 Å². The Morgan fingerprint density at radius 1 is 1.57 bits per heavy atom. The van der Waals surface area contributed by atoms with Crippen LogP contribution in [-0.4, -0.2) is 16.2 Å². The number of pyridine rings is 1. The van der Waals surface area contributed by atoms with Crippen molar-refractivity contribution in [2.24, 2.45) is 5.92 Å². The third-order valence-corrected chi connectivity index (χ3v) is 2.93. The summed E-state index contributed by atoms with van der Waals surface area (Å²) in [5.41, 5.74) is 0.967. The highest BCUT2D eigenvalue weighted by atomic mass is 35.5. The Morgan fingerprint density at radius 2 is 2.29 bits per heavy atom. The average Bonchev–Trinajstić information content (AvgIpc) is 2.20. The van der Waals surface area contributed by atoms with Gasteiger partial charge in [0.1, 0.15) is 0 Å². The van der Waals surface area contributed by atoms with Crippen molar-refractivity contribution in [1.29, 1.82) is 0 Å². The Kier molecular flexibility index (Phi) is 4.36. The fraction of sp³-hybridized carbons (Fsp3) is 0.545. The maximum atomic E-state index is 9.82. The number of aromatic nitrogens is 1. The lowest BCUT2D eigenvalue weighted by molar-refractivity contribution is 0.115. The number of hydrogen-bond acceptors (Lipinski definition) is 2. The largest absolute Gasteiger partial charge is 0.393 e. The molecule has 1 aromatic heterocycles. The van der Waals surface area contributed by atoms with Crippen LogP contribution >= 0.6 is 11.6 Å². The Balaban J connectivity index is 2.64. The summed E-state index contributed by atoms with van der Waals surface area (Å²) in [5.74, 6) is 0.305. The van der Waals surface area contributed by atoms with E-state index in [1.165, 1.54) is 0 Å². The summed E-state index contributed by atoms with van der Waals surface area (Å²) in [6.45, 7) is 4.11. The lowest BCUT2D eigenvalue weighted by Gasteiger charge is -2.17. The standard InChI is InChI=1S/C11H16ClNO/c1-3-8(2)11(14)6-9-4-5-13-7-10(9)12/h4-5,7-8,11,14H,3,6H2,1-2H3. The molecule has 2 unspecified atom stereocenters. The van der Waals surface area contributed by atoms with E-state index in [-0.39, 0.29) is 6.10 Å². The van der Waals surface area contributed by atoms with E-state index in [0.29, 0.717) is 17.4 Å². The van der Waals surface area contributed by atoms with Crippen LogP contribution in [0.25, 0.3) is 0 Å². The molecule has 0 saturated heterocycles. The first-order chi connectivity index (χ1) is 6.65. The van der Waals surface area contributed by atoms with Gasteiger partial charge in [0, 0.05) is 18.8 Å². The summed E-state index contributed by atoms with van der Waals surface area (Å²) in [4.78, 5) is 3.90. The second-order valence-electron chi connectivity index (χ2n) is 3.62. The molecule has 0 aromatic carbocycles. The molecule has 1 aromatic rings. The van der Waals surface area contributed by atoms with Crippen LogP contribution in [0.5, 0.6) is 0 Å². The molecule has 78 valence electrons. The van der Waals surface area contributed by atoms with Crippen molar-refractivity contribution in [3.63, 3.8) is 0 Å². The Labute approximate surface area is 89.9 Å². The molecule has 14 heavy (non-hydrogen) atoms. The molecule has 0 amide bonds. The molecule has 0 aliphatic rings. The topological polar surface area (TPSA) is 33.1 Å². The normalized spacial score (nSPS) is 15.1. The second kappa shape index (κ2) is 5.32. The number of nitrogens with zero attached hydrogens (tertiary/aromatic N) is 1. The van der Waals surface area contributed by atoms with Gasteiger partial charge in [-0.15, -0.1) is 0 Å². The van der Waals surface area contributed by atoms with Crippen LogP contribution in [0.2, 0.25) is 5.02 Å². The molecule has 2 nitrogen and oxygen atoms in total. The maximum absolute atomic E-state index is 9.82. The summed E-state index contributed by atoms with van der Waals surface area (Å²) in [6.07, 6.45) is 4.57. The van der Waals surface area contributed by atoms with Gasteiger partial charge in [-0.1, -0.05) is 31.9 Å². The molecular formula is C11H16ClNO. The van der Waals surface area contributed by atoms with Gasteiger partial charge in [-0.25, -0.2) is 0 Å². The van der Waals surface area contributed by atoms with Gasteiger partial charge in [0.25, 0.3) is 0 Å². The number of aliphatic hydroxyl groups excluding tert-OH is 1. The van der Waals surface area contributed by atoms with Crippen LogP contribution < -0.4 is 0 Å². The summed E-state index contributed by atoms with van der Waals surface area (Å²) in [6, 6.07) is 1.86. The predicted molar refractivity (Wildman–Crippen MR) is 58.4 cm³/mol. The molecule has 3 heteroatoms. The Bertz CT molecular complexity index is 290. The lowest BCUT2D eigenvalue weighted by Crippen LogP contribution is -2.19. The van der Waals surface area contributed by atoms with Crippen LogP contribution in [-0.2, 0) is 6.42 Å². The van der Waals surface area contributed by atoms with Gasteiger partial charge in [-0.2, -0.15) is 0 Å². The van der Waals surface area contributed by atoms with E-state index in [1.54, 1.807) is 12.4 Å². The Morgan fingerprint density at radius 3 is 2.86 bits per heavy atom. The van der Waals surface area contributed by atoms with Gasteiger partial charge >= 0.3 is 0 Å². The van der Waals surface area contributed by atoms with E-state index in [4.69, 9.17) is 11.6 Å². The second-order valence-corrected chi connectivity index (χ2v) is 4.03. The molecule has 1 heterocycles. The molecule has 0 aliphatic heterocycles. The molecule has 0 aliphatic carbocycles. The van der Waals surface area contributed by atoms with Crippen molar-refractivity contribution in [1.82, 2.24) is 4.98 Å². The van der Waals surface area contributed by atoms with E-state index >= 15 is 0 Å². The zero-order valence-electron chi connectivity index (χ0n) is 8.57. The molecule has 1 N–H and O–H groups in total. The molecule has 0 saturated carbocycles. The minimum atomic E-state index is -0.320. The summed E-state index contributed by atoms with van der Waals surface area (Å²) < 4.78 is 0. The zero-order valence-corrected chi connectivity index (χ0v) is 9.33. The quantitative estimate of drug-likeness (QED) is 0.835. The van der Waals surface area contributed by atoms with Gasteiger partial charge in [0.2, 0.25) is 0 Å². The van der Waals surface area contributed by atoms with Gasteiger partial charge < -0.3 is 5.11 Å². The smallest absolute Gasteiger partial charge is 0.0622 e. The first-order valence-electron chi connectivity index (χ1n) is 4.91. The maximum Gasteiger partial charge on any atom is 0.0622 e. The monoisotopic (exact) mass is 213 g/mol. The van der Waals surface area contributed by atoms with Crippen molar-refractivity contribution in [3.05, 3.63) is 29.0 Å². The van der Waals surface area contributed by atoms with Crippen LogP contribution in [0.1, 0.15) is 25.8 Å². The third-order valence-electron chi connectivity index (χ3n) is 2.59. The number of halogens is 1. The van der Waals surface area contributed by atoms with E-state index in [9.17, 15) is 5.11 Å². The molecule has 1 rings (SSSR count). The van der Waals surface area contributed by atoms with Gasteiger partial charge in [-0.3, -0.25) is 4.98 Å². The van der Waals surface area contributed by atoms with Gasteiger partial charge in [-0.05, 0) is 17.5 Å². The highest BCUT2D eigenvalue weighted by molar-refractivity contribution is 6.31. The molecule has 0 fully saturated rings. The minimum absolute atomic E-state index is 0.305. The molecular weight excluding hydrogens is 198 g/mol. The fourth-order valence-electron chi connectivity index (χ4n) is 1.27. The number of aliphatic hydroxyl groups is 1. The lowest BCUT2D eigenvalue weighted by atomic mass is 9.96. The van der Waals surface area contributed by atoms with Crippen LogP contribution in [0.15, 0.2) is 18.5 Å². The summed E-state index contributed by atoms with van der Waals surface area (Å²) in [5, 5.41) is 10.5. The summed E-state index contributed by atoms with van der Waals surface area (Å²) in [7, 11) is 0. The van der Waals surface area contributed by atoms with Crippen LogP contribution in [0.3, 0.4) is 0 Å². The number of rotatable bonds is 4. The van der Waals surface area contributed by atoms with Crippen LogP contribution in [0.4, 0.5) is 0 Å². The number of hydrogen-bond donors (Lipinski definition) is 1. The fourth-order valence-corrected chi connectivity index (χ4v) is 1.46. The molecule has 0 spiro atoms. The van der Waals surface area contributed by atoms with Crippen LogP contribution in [0, 0.1) is 5.92 Å². The molecule has 0 bridgehead atoms. The van der Waals surface area contributed by atoms with Crippen molar-refractivity contribution < 1.29 is 5.11 Å². The van der Waals surface area contributed by atoms with E-state index < -0.39 is 0 Å². The average molecular weight is 214 g/mol. The zero-order chi connectivity index (χ0) is 10.6. The third kappa shape index (κ3) is 2.96. The van der Waals surface area contributed by atoms with Crippen molar-refractivity contribution in [3.8, 4) is 0 Å². The highest BCUT2D eigenvalue weighted by Crippen LogP contribution is 2.19. The van der Waals surface area contributed by atoms with Gasteiger partial charge in [0.05, 0.1) is 11.1 Å². The molecule has 0 radical (unpaired) electrons. The van der Waals surface area contributed by atoms with E-state index in [2.05, 4.69) is 11.9 Å². The van der Waals surface area contributed by atoms with Gasteiger partial charge in [0.15, 0.2) is 0 Å². The SMILES string of the molecule is CCC(C)C(O)Cc1ccncc1Cl. The summed E-state index contributed by atoms with van der Waals surface area (Å²) >= 11 is 5.94. The van der Waals surface area contributed by atoms with E-state index in [1.807, 2.05) is 13.0 Å². The molecule has 2 atom stereocenters.